The predicted molar refractivity (Wildman–Crippen MR) is 33.8 cm³/mol. The molecule has 5 heteroatoms. The van der Waals surface area contributed by atoms with Gasteiger partial charge in [0.2, 0.25) is 0 Å². The Morgan fingerprint density at radius 3 is 3.00 bits per heavy atom. The van der Waals surface area contributed by atoms with Gasteiger partial charge in [0, 0.05) is 6.20 Å². The van der Waals surface area contributed by atoms with Crippen LogP contribution in [0.2, 0.25) is 0 Å². The molecule has 1 heterocycles. The van der Waals surface area contributed by atoms with E-state index >= 15 is 0 Å². The van der Waals surface area contributed by atoms with E-state index in [1.165, 1.54) is 12.3 Å². The van der Waals surface area contributed by atoms with Crippen LogP contribution in [0, 0.1) is 0 Å². The standard InChI is InChI=1S/C6H5FN2O2/c7-3-5-8-2-1-4(9-5)6(10)11/h1-2H,3H2,(H,10,11). The number of aromatic carboxylic acids is 1. The van der Waals surface area contributed by atoms with Gasteiger partial charge in [0.05, 0.1) is 0 Å². The highest BCUT2D eigenvalue weighted by molar-refractivity contribution is 5.85. The molecule has 0 amide bonds. The minimum Gasteiger partial charge on any atom is -0.477 e. The smallest absolute Gasteiger partial charge is 0.354 e. The summed E-state index contributed by atoms with van der Waals surface area (Å²) < 4.78 is 11.9. The lowest BCUT2D eigenvalue weighted by molar-refractivity contribution is 0.0689. The molecule has 0 aliphatic rings. The van der Waals surface area contributed by atoms with Crippen molar-refractivity contribution in [2.45, 2.75) is 6.67 Å². The summed E-state index contributed by atoms with van der Waals surface area (Å²) in [5.41, 5.74) is -0.187. The highest BCUT2D eigenvalue weighted by Crippen LogP contribution is 1.96. The third-order valence-corrected chi connectivity index (χ3v) is 1.04. The molecule has 0 spiro atoms. The van der Waals surface area contributed by atoms with Crippen molar-refractivity contribution < 1.29 is 14.3 Å². The molecule has 1 aromatic heterocycles. The summed E-state index contributed by atoms with van der Waals surface area (Å²) >= 11 is 0. The van der Waals surface area contributed by atoms with E-state index in [2.05, 4.69) is 9.97 Å². The minimum atomic E-state index is -1.18. The fraction of sp³-hybridized carbons (Fsp3) is 0.167. The SMILES string of the molecule is O=C(O)c1ccnc(CF)n1. The van der Waals surface area contributed by atoms with E-state index in [1.807, 2.05) is 0 Å². The summed E-state index contributed by atoms with van der Waals surface area (Å²) in [5, 5.41) is 8.39. The summed E-state index contributed by atoms with van der Waals surface area (Å²) in [4.78, 5) is 17.2. The van der Waals surface area contributed by atoms with Crippen molar-refractivity contribution in [3.63, 3.8) is 0 Å². The van der Waals surface area contributed by atoms with Gasteiger partial charge in [-0.1, -0.05) is 0 Å². The Labute approximate surface area is 61.7 Å². The maximum atomic E-state index is 11.9. The second-order valence-corrected chi connectivity index (χ2v) is 1.80. The topological polar surface area (TPSA) is 63.1 Å². The number of nitrogens with zero attached hydrogens (tertiary/aromatic N) is 2. The monoisotopic (exact) mass is 156 g/mol. The van der Waals surface area contributed by atoms with E-state index in [0.717, 1.165) is 0 Å². The van der Waals surface area contributed by atoms with Gasteiger partial charge in [0.1, 0.15) is 6.67 Å². The van der Waals surface area contributed by atoms with Crippen molar-refractivity contribution in [3.8, 4) is 0 Å². The molecule has 4 nitrogen and oxygen atoms in total. The van der Waals surface area contributed by atoms with Crippen molar-refractivity contribution in [2.75, 3.05) is 0 Å². The molecule has 0 aliphatic heterocycles. The molecular formula is C6H5FN2O2. The summed E-state index contributed by atoms with van der Waals surface area (Å²) in [5.74, 6) is -1.29. The molecular weight excluding hydrogens is 151 g/mol. The Hall–Kier alpha value is -1.52. The zero-order valence-corrected chi connectivity index (χ0v) is 5.49. The largest absolute Gasteiger partial charge is 0.477 e. The zero-order valence-electron chi connectivity index (χ0n) is 5.49. The summed E-state index contributed by atoms with van der Waals surface area (Å²) in [6.07, 6.45) is 1.21. The lowest BCUT2D eigenvalue weighted by Crippen LogP contribution is -2.03. The summed E-state index contributed by atoms with van der Waals surface area (Å²) in [6.45, 7) is -0.846. The van der Waals surface area contributed by atoms with Crippen LogP contribution in [-0.2, 0) is 6.67 Å². The predicted octanol–water partition coefficient (Wildman–Crippen LogP) is 0.644. The Balaban J connectivity index is 3.01. The van der Waals surface area contributed by atoms with Gasteiger partial charge in [-0.05, 0) is 6.07 Å². The number of hydrogen-bond donors (Lipinski definition) is 1. The molecule has 1 aromatic rings. The van der Waals surface area contributed by atoms with Crippen LogP contribution in [0.25, 0.3) is 0 Å². The number of halogens is 1. The fourth-order valence-corrected chi connectivity index (χ4v) is 0.583. The maximum Gasteiger partial charge on any atom is 0.354 e. The third-order valence-electron chi connectivity index (χ3n) is 1.04. The van der Waals surface area contributed by atoms with Crippen LogP contribution >= 0.6 is 0 Å². The van der Waals surface area contributed by atoms with Crippen LogP contribution in [0.5, 0.6) is 0 Å². The van der Waals surface area contributed by atoms with E-state index in [9.17, 15) is 9.18 Å². The average Bonchev–Trinajstić information content (AvgIpc) is 2.05. The van der Waals surface area contributed by atoms with Crippen LogP contribution < -0.4 is 0 Å². The van der Waals surface area contributed by atoms with Crippen LogP contribution in [0.15, 0.2) is 12.3 Å². The first-order valence-electron chi connectivity index (χ1n) is 2.85. The highest BCUT2D eigenvalue weighted by atomic mass is 19.1. The highest BCUT2D eigenvalue weighted by Gasteiger charge is 2.04. The molecule has 1 N–H and O–H groups in total. The van der Waals surface area contributed by atoms with E-state index < -0.39 is 12.6 Å². The Morgan fingerprint density at radius 2 is 2.45 bits per heavy atom. The van der Waals surface area contributed by atoms with Crippen molar-refractivity contribution in [3.05, 3.63) is 23.8 Å². The molecule has 0 radical (unpaired) electrons. The number of aromatic nitrogens is 2. The van der Waals surface area contributed by atoms with Crippen molar-refractivity contribution in [2.24, 2.45) is 0 Å². The second-order valence-electron chi connectivity index (χ2n) is 1.80. The van der Waals surface area contributed by atoms with Crippen LogP contribution in [-0.4, -0.2) is 21.0 Å². The van der Waals surface area contributed by atoms with Gasteiger partial charge in [-0.15, -0.1) is 0 Å². The number of alkyl halides is 1. The number of hydrogen-bond acceptors (Lipinski definition) is 3. The van der Waals surface area contributed by atoms with E-state index in [0.29, 0.717) is 0 Å². The molecule has 11 heavy (non-hydrogen) atoms. The second kappa shape index (κ2) is 3.05. The normalized spacial score (nSPS) is 9.55. The van der Waals surface area contributed by atoms with Crippen molar-refractivity contribution in [1.82, 2.24) is 9.97 Å². The van der Waals surface area contributed by atoms with E-state index in [1.54, 1.807) is 0 Å². The molecule has 0 bridgehead atoms. The Morgan fingerprint density at radius 1 is 1.73 bits per heavy atom. The molecule has 0 aliphatic carbocycles. The molecule has 0 aromatic carbocycles. The van der Waals surface area contributed by atoms with Gasteiger partial charge < -0.3 is 5.11 Å². The third kappa shape index (κ3) is 1.70. The molecule has 0 fully saturated rings. The quantitative estimate of drug-likeness (QED) is 0.682. The first-order valence-corrected chi connectivity index (χ1v) is 2.85. The molecule has 0 atom stereocenters. The van der Waals surface area contributed by atoms with Crippen molar-refractivity contribution >= 4 is 5.97 Å². The number of rotatable bonds is 2. The van der Waals surface area contributed by atoms with Crippen molar-refractivity contribution in [1.29, 1.82) is 0 Å². The van der Waals surface area contributed by atoms with Gasteiger partial charge in [0.15, 0.2) is 11.5 Å². The van der Waals surface area contributed by atoms with Gasteiger partial charge in [-0.2, -0.15) is 0 Å². The van der Waals surface area contributed by atoms with Gasteiger partial charge in [-0.3, -0.25) is 0 Å². The van der Waals surface area contributed by atoms with Gasteiger partial charge in [-0.25, -0.2) is 19.2 Å². The molecule has 0 saturated carbocycles. The van der Waals surface area contributed by atoms with Crippen LogP contribution in [0.3, 0.4) is 0 Å². The summed E-state index contributed by atoms with van der Waals surface area (Å²) in [7, 11) is 0. The first kappa shape index (κ1) is 7.59. The number of carbonyl (C=O) groups is 1. The zero-order chi connectivity index (χ0) is 8.27. The summed E-state index contributed by atoms with van der Waals surface area (Å²) in [6, 6.07) is 1.21. The lowest BCUT2D eigenvalue weighted by Gasteiger charge is -1.93. The molecule has 1 rings (SSSR count). The van der Waals surface area contributed by atoms with E-state index in [-0.39, 0.29) is 11.5 Å². The fourth-order valence-electron chi connectivity index (χ4n) is 0.583. The molecule has 0 saturated heterocycles. The van der Waals surface area contributed by atoms with Crippen LogP contribution in [0.4, 0.5) is 4.39 Å². The van der Waals surface area contributed by atoms with Gasteiger partial charge in [0.25, 0.3) is 0 Å². The molecule has 0 unspecified atom stereocenters. The van der Waals surface area contributed by atoms with Crippen LogP contribution in [0.1, 0.15) is 16.3 Å². The molecule has 58 valence electrons. The lowest BCUT2D eigenvalue weighted by atomic mass is 10.4. The van der Waals surface area contributed by atoms with E-state index in [4.69, 9.17) is 5.11 Å². The number of carboxylic acids is 1. The minimum absolute atomic E-state index is 0.107. The average molecular weight is 156 g/mol. The first-order chi connectivity index (χ1) is 5.24. The van der Waals surface area contributed by atoms with Gasteiger partial charge >= 0.3 is 5.97 Å². The Bertz CT molecular complexity index is 277. The maximum absolute atomic E-state index is 11.9. The Kier molecular flexibility index (Phi) is 2.10. The number of carboxylic acid groups (broad SMARTS) is 1.